The largest absolute Gasteiger partial charge is 0.429 e. The molecular weight excluding hydrogens is 217 g/mol. The summed E-state index contributed by atoms with van der Waals surface area (Å²) in [6, 6.07) is 6.52. The van der Waals surface area contributed by atoms with Gasteiger partial charge in [-0.25, -0.2) is 4.39 Å². The standard InChI is InChI=1S/C9H7ClF3O/c1-6(11)9(12,13)14-8-5-3-2-4-7(8)10/h2-3,5-6H,1H3. The third-order valence-corrected chi connectivity index (χ3v) is 1.77. The molecule has 0 aliphatic rings. The van der Waals surface area contributed by atoms with Crippen molar-refractivity contribution in [1.29, 1.82) is 0 Å². The van der Waals surface area contributed by atoms with Crippen molar-refractivity contribution < 1.29 is 17.9 Å². The maximum atomic E-state index is 12.7. The summed E-state index contributed by atoms with van der Waals surface area (Å²) in [6.07, 6.45) is -6.28. The average Bonchev–Trinajstić information content (AvgIpc) is 2.08. The Bertz CT molecular complexity index is 315. The highest BCUT2D eigenvalue weighted by atomic mass is 35.5. The van der Waals surface area contributed by atoms with Gasteiger partial charge in [0.2, 0.25) is 6.17 Å². The van der Waals surface area contributed by atoms with Crippen molar-refractivity contribution in [3.63, 3.8) is 0 Å². The maximum absolute atomic E-state index is 12.7. The van der Waals surface area contributed by atoms with E-state index in [1.165, 1.54) is 18.2 Å². The van der Waals surface area contributed by atoms with Gasteiger partial charge in [-0.1, -0.05) is 23.7 Å². The highest BCUT2D eigenvalue weighted by molar-refractivity contribution is 6.31. The summed E-state index contributed by atoms with van der Waals surface area (Å²) in [4.78, 5) is 0. The maximum Gasteiger partial charge on any atom is 0.429 e. The van der Waals surface area contributed by atoms with E-state index in [9.17, 15) is 13.2 Å². The number of hydrogen-bond acceptors (Lipinski definition) is 1. The van der Waals surface area contributed by atoms with E-state index in [0.717, 1.165) is 0 Å². The van der Waals surface area contributed by atoms with Crippen molar-refractivity contribution in [2.45, 2.75) is 19.2 Å². The molecular formula is C9H7ClF3O. The molecule has 1 rings (SSSR count). The lowest BCUT2D eigenvalue weighted by Gasteiger charge is -2.19. The molecule has 1 aromatic carbocycles. The number of halogens is 4. The topological polar surface area (TPSA) is 9.23 Å². The number of hydrogen-bond donors (Lipinski definition) is 0. The third-order valence-electron chi connectivity index (χ3n) is 1.48. The van der Waals surface area contributed by atoms with E-state index in [4.69, 9.17) is 11.6 Å². The quantitative estimate of drug-likeness (QED) is 0.763. The summed E-state index contributed by atoms with van der Waals surface area (Å²) < 4.78 is 42.0. The van der Waals surface area contributed by atoms with Crippen LogP contribution in [-0.4, -0.2) is 12.3 Å². The number of ether oxygens (including phenoxy) is 1. The van der Waals surface area contributed by atoms with Crippen molar-refractivity contribution >= 4 is 11.6 Å². The van der Waals surface area contributed by atoms with E-state index in [2.05, 4.69) is 10.8 Å². The predicted octanol–water partition coefficient (Wildman–Crippen LogP) is 3.47. The molecule has 0 amide bonds. The van der Waals surface area contributed by atoms with Crippen molar-refractivity contribution in [2.75, 3.05) is 0 Å². The summed E-state index contributed by atoms with van der Waals surface area (Å²) >= 11 is 5.50. The minimum atomic E-state index is -3.88. The molecule has 0 saturated heterocycles. The zero-order chi connectivity index (χ0) is 10.8. The highest BCUT2D eigenvalue weighted by Gasteiger charge is 2.40. The Kier molecular flexibility index (Phi) is 3.26. The first-order chi connectivity index (χ1) is 6.43. The zero-order valence-corrected chi connectivity index (χ0v) is 7.99. The van der Waals surface area contributed by atoms with E-state index in [0.29, 0.717) is 6.92 Å². The number of benzene rings is 1. The number of rotatable bonds is 3. The summed E-state index contributed by atoms with van der Waals surface area (Å²) in [5.41, 5.74) is 0. The Hall–Kier alpha value is -0.900. The van der Waals surface area contributed by atoms with Crippen LogP contribution in [0.2, 0.25) is 5.02 Å². The number of alkyl halides is 3. The summed E-state index contributed by atoms with van der Waals surface area (Å²) in [5, 5.41) is -0.104. The molecule has 0 N–H and O–H groups in total. The predicted molar refractivity (Wildman–Crippen MR) is 46.4 cm³/mol. The fourth-order valence-electron chi connectivity index (χ4n) is 0.708. The molecule has 0 aromatic heterocycles. The first kappa shape index (κ1) is 11.2. The molecule has 0 bridgehead atoms. The van der Waals surface area contributed by atoms with Crippen LogP contribution in [0, 0.1) is 6.07 Å². The van der Waals surface area contributed by atoms with Gasteiger partial charge in [-0.2, -0.15) is 8.78 Å². The van der Waals surface area contributed by atoms with Crippen LogP contribution in [0.1, 0.15) is 6.92 Å². The molecule has 1 nitrogen and oxygen atoms in total. The van der Waals surface area contributed by atoms with Crippen LogP contribution in [-0.2, 0) is 0 Å². The Morgan fingerprint density at radius 1 is 1.57 bits per heavy atom. The Morgan fingerprint density at radius 3 is 2.71 bits per heavy atom. The SMILES string of the molecule is CC(F)C(F)(F)Oc1ccc[c]c1Cl. The minimum absolute atomic E-state index is 0.104. The van der Waals surface area contributed by atoms with Gasteiger partial charge in [0.15, 0.2) is 0 Å². The average molecular weight is 224 g/mol. The van der Waals surface area contributed by atoms with Crippen LogP contribution in [0.5, 0.6) is 5.75 Å². The van der Waals surface area contributed by atoms with Crippen LogP contribution < -0.4 is 4.74 Å². The van der Waals surface area contributed by atoms with Crippen LogP contribution in [0.3, 0.4) is 0 Å². The van der Waals surface area contributed by atoms with Crippen LogP contribution in [0.25, 0.3) is 0 Å². The normalized spacial score (nSPS) is 13.8. The van der Waals surface area contributed by atoms with Crippen LogP contribution in [0.15, 0.2) is 18.2 Å². The Morgan fingerprint density at radius 2 is 2.21 bits per heavy atom. The molecule has 0 heterocycles. The van der Waals surface area contributed by atoms with Gasteiger partial charge >= 0.3 is 6.11 Å². The van der Waals surface area contributed by atoms with Gasteiger partial charge in [-0.3, -0.25) is 0 Å². The van der Waals surface area contributed by atoms with Gasteiger partial charge in [-0.05, 0) is 13.0 Å². The summed E-state index contributed by atoms with van der Waals surface area (Å²) in [7, 11) is 0. The first-order valence-electron chi connectivity index (χ1n) is 3.80. The fraction of sp³-hybridized carbons (Fsp3) is 0.333. The second-order valence-electron chi connectivity index (χ2n) is 2.63. The van der Waals surface area contributed by atoms with Crippen LogP contribution in [0.4, 0.5) is 13.2 Å². The molecule has 1 aromatic rings. The smallest absolute Gasteiger partial charge is 0.429 e. The molecule has 0 spiro atoms. The van der Waals surface area contributed by atoms with Gasteiger partial charge in [0.05, 0.1) is 5.02 Å². The zero-order valence-electron chi connectivity index (χ0n) is 7.23. The molecule has 14 heavy (non-hydrogen) atoms. The minimum Gasteiger partial charge on any atom is -0.429 e. The molecule has 0 saturated carbocycles. The highest BCUT2D eigenvalue weighted by Crippen LogP contribution is 2.30. The lowest BCUT2D eigenvalue weighted by atomic mass is 10.3. The lowest BCUT2D eigenvalue weighted by Crippen LogP contribution is -2.34. The molecule has 0 aliphatic heterocycles. The second kappa shape index (κ2) is 4.09. The summed E-state index contributed by atoms with van der Waals surface area (Å²) in [6.45, 7) is 0.709. The second-order valence-corrected chi connectivity index (χ2v) is 3.01. The van der Waals surface area contributed by atoms with Gasteiger partial charge in [-0.15, -0.1) is 0 Å². The monoisotopic (exact) mass is 223 g/mol. The molecule has 1 atom stereocenters. The summed E-state index contributed by atoms with van der Waals surface area (Å²) in [5.74, 6) is -0.288. The van der Waals surface area contributed by atoms with E-state index >= 15 is 0 Å². The van der Waals surface area contributed by atoms with E-state index in [1.807, 2.05) is 0 Å². The molecule has 1 radical (unpaired) electrons. The van der Waals surface area contributed by atoms with E-state index < -0.39 is 12.3 Å². The third kappa shape index (κ3) is 2.54. The first-order valence-corrected chi connectivity index (χ1v) is 4.18. The van der Waals surface area contributed by atoms with E-state index in [-0.39, 0.29) is 10.8 Å². The van der Waals surface area contributed by atoms with Gasteiger partial charge in [0.25, 0.3) is 0 Å². The van der Waals surface area contributed by atoms with Gasteiger partial charge in [0, 0.05) is 6.07 Å². The lowest BCUT2D eigenvalue weighted by molar-refractivity contribution is -0.215. The van der Waals surface area contributed by atoms with Crippen molar-refractivity contribution in [3.8, 4) is 5.75 Å². The molecule has 0 aliphatic carbocycles. The Balaban J connectivity index is 2.84. The van der Waals surface area contributed by atoms with Crippen molar-refractivity contribution in [1.82, 2.24) is 0 Å². The molecule has 0 fully saturated rings. The fourth-order valence-corrected chi connectivity index (χ4v) is 0.872. The molecule has 1 unspecified atom stereocenters. The molecule has 5 heteroatoms. The van der Waals surface area contributed by atoms with Gasteiger partial charge in [0.1, 0.15) is 5.75 Å². The van der Waals surface area contributed by atoms with Crippen molar-refractivity contribution in [3.05, 3.63) is 29.3 Å². The van der Waals surface area contributed by atoms with Crippen LogP contribution >= 0.6 is 11.6 Å². The Labute approximate surface area is 84.4 Å². The van der Waals surface area contributed by atoms with Crippen molar-refractivity contribution in [2.24, 2.45) is 0 Å². The van der Waals surface area contributed by atoms with Gasteiger partial charge < -0.3 is 4.74 Å². The van der Waals surface area contributed by atoms with E-state index in [1.54, 1.807) is 0 Å². The molecule has 77 valence electrons.